The third kappa shape index (κ3) is 3.16. The highest BCUT2D eigenvalue weighted by atomic mass is 16.7. The number of hydrogen-bond donors (Lipinski definition) is 1. The van der Waals surface area contributed by atoms with Crippen LogP contribution in [0.2, 0.25) is 0 Å². The molecule has 2 aliphatic heterocycles. The molecule has 1 aliphatic carbocycles. The van der Waals surface area contributed by atoms with E-state index >= 15 is 0 Å². The van der Waals surface area contributed by atoms with Gasteiger partial charge in [-0.3, -0.25) is 4.79 Å². The van der Waals surface area contributed by atoms with Gasteiger partial charge in [0.2, 0.25) is 12.7 Å². The molecule has 1 atom stereocenters. The Morgan fingerprint density at radius 1 is 1.22 bits per heavy atom. The molecule has 3 heterocycles. The molecular weight excluding hydrogens is 346 g/mol. The number of amides is 1. The van der Waals surface area contributed by atoms with Crippen LogP contribution in [0, 0.1) is 5.92 Å². The minimum Gasteiger partial charge on any atom is -0.454 e. The number of ether oxygens (including phenoxy) is 3. The molecule has 1 fully saturated rings. The first-order chi connectivity index (χ1) is 13.3. The van der Waals surface area contributed by atoms with Gasteiger partial charge in [-0.15, -0.1) is 0 Å². The smallest absolute Gasteiger partial charge is 0.231 e. The number of benzene rings is 1. The topological polar surface area (TPSA) is 74.6 Å². The zero-order valence-corrected chi connectivity index (χ0v) is 15.1. The summed E-state index contributed by atoms with van der Waals surface area (Å²) in [6.07, 6.45) is 6.17. The van der Waals surface area contributed by atoms with Crippen LogP contribution in [-0.2, 0) is 22.7 Å². The van der Waals surface area contributed by atoms with Crippen LogP contribution >= 0.6 is 0 Å². The first-order valence-corrected chi connectivity index (χ1v) is 9.61. The predicted molar refractivity (Wildman–Crippen MR) is 97.3 cm³/mol. The molecule has 1 unspecified atom stereocenters. The third-order valence-electron chi connectivity index (χ3n) is 5.67. The van der Waals surface area contributed by atoms with Crippen LogP contribution < -0.4 is 14.8 Å². The lowest BCUT2D eigenvalue weighted by molar-refractivity contribution is -0.125. The maximum absolute atomic E-state index is 12.3. The standard InChI is InChI=1S/C20H23N3O4/c24-20(13-3-1-2-4-13)22-8-15-10-23-16(9-21-19(23)11-25-15)14-5-6-17-18(7-14)27-12-26-17/h5-7,9,13,15H,1-4,8,10-12H2,(H,22,24). The van der Waals surface area contributed by atoms with E-state index < -0.39 is 0 Å². The summed E-state index contributed by atoms with van der Waals surface area (Å²) in [6, 6.07) is 5.93. The van der Waals surface area contributed by atoms with E-state index in [4.69, 9.17) is 14.2 Å². The molecule has 0 spiro atoms. The van der Waals surface area contributed by atoms with Crippen molar-refractivity contribution in [3.63, 3.8) is 0 Å². The Balaban J connectivity index is 1.29. The number of hydrogen-bond acceptors (Lipinski definition) is 5. The van der Waals surface area contributed by atoms with Gasteiger partial charge in [-0.2, -0.15) is 0 Å². The molecule has 1 N–H and O–H groups in total. The van der Waals surface area contributed by atoms with Crippen molar-refractivity contribution >= 4 is 5.91 Å². The number of nitrogens with one attached hydrogen (secondary N) is 1. The van der Waals surface area contributed by atoms with Crippen LogP contribution in [0.3, 0.4) is 0 Å². The zero-order chi connectivity index (χ0) is 18.2. The van der Waals surface area contributed by atoms with Crippen molar-refractivity contribution in [3.05, 3.63) is 30.2 Å². The zero-order valence-electron chi connectivity index (χ0n) is 15.1. The van der Waals surface area contributed by atoms with Gasteiger partial charge < -0.3 is 24.1 Å². The molecule has 7 nitrogen and oxygen atoms in total. The Morgan fingerprint density at radius 2 is 2.07 bits per heavy atom. The van der Waals surface area contributed by atoms with E-state index in [1.165, 1.54) is 0 Å². The fourth-order valence-corrected chi connectivity index (χ4v) is 4.14. The minimum absolute atomic E-state index is 0.0511. The maximum atomic E-state index is 12.3. The SMILES string of the molecule is O=C(NCC1Cn2c(-c3ccc4c(c3)OCO4)cnc2CO1)C1CCCC1. The van der Waals surface area contributed by atoms with Crippen LogP contribution in [0.5, 0.6) is 11.5 Å². The van der Waals surface area contributed by atoms with Gasteiger partial charge in [0.15, 0.2) is 11.5 Å². The quantitative estimate of drug-likeness (QED) is 0.896. The number of fused-ring (bicyclic) bond motifs is 2. The van der Waals surface area contributed by atoms with Crippen molar-refractivity contribution in [1.29, 1.82) is 0 Å². The van der Waals surface area contributed by atoms with Gasteiger partial charge in [-0.05, 0) is 31.0 Å². The van der Waals surface area contributed by atoms with Gasteiger partial charge in [0, 0.05) is 18.0 Å². The average Bonchev–Trinajstić information content (AvgIpc) is 3.45. The lowest BCUT2D eigenvalue weighted by Crippen LogP contribution is -2.40. The van der Waals surface area contributed by atoms with Crippen molar-refractivity contribution in [2.45, 2.75) is 44.9 Å². The molecule has 1 amide bonds. The highest BCUT2D eigenvalue weighted by Crippen LogP contribution is 2.36. The van der Waals surface area contributed by atoms with Crippen molar-refractivity contribution < 1.29 is 19.0 Å². The van der Waals surface area contributed by atoms with Crippen molar-refractivity contribution in [2.75, 3.05) is 13.3 Å². The van der Waals surface area contributed by atoms with E-state index in [0.717, 1.165) is 54.3 Å². The lowest BCUT2D eigenvalue weighted by atomic mass is 10.1. The van der Waals surface area contributed by atoms with Crippen molar-refractivity contribution in [1.82, 2.24) is 14.9 Å². The highest BCUT2D eigenvalue weighted by Gasteiger charge is 2.26. The highest BCUT2D eigenvalue weighted by molar-refractivity contribution is 5.78. The molecule has 1 aromatic heterocycles. The van der Waals surface area contributed by atoms with Gasteiger partial charge in [0.25, 0.3) is 0 Å². The fourth-order valence-electron chi connectivity index (χ4n) is 4.14. The molecule has 1 saturated carbocycles. The van der Waals surface area contributed by atoms with Crippen LogP contribution in [0.25, 0.3) is 11.3 Å². The van der Waals surface area contributed by atoms with Crippen LogP contribution in [0.1, 0.15) is 31.5 Å². The molecule has 3 aliphatic rings. The Bertz CT molecular complexity index is 857. The monoisotopic (exact) mass is 369 g/mol. The fraction of sp³-hybridized carbons (Fsp3) is 0.500. The molecule has 1 aromatic carbocycles. The van der Waals surface area contributed by atoms with E-state index in [1.807, 2.05) is 24.4 Å². The van der Waals surface area contributed by atoms with E-state index in [-0.39, 0.29) is 24.7 Å². The van der Waals surface area contributed by atoms with Gasteiger partial charge in [-0.25, -0.2) is 4.98 Å². The van der Waals surface area contributed by atoms with Crippen molar-refractivity contribution in [3.8, 4) is 22.8 Å². The van der Waals surface area contributed by atoms with Gasteiger partial charge >= 0.3 is 0 Å². The number of rotatable bonds is 4. The van der Waals surface area contributed by atoms with E-state index in [0.29, 0.717) is 19.7 Å². The second-order valence-electron chi connectivity index (χ2n) is 7.40. The summed E-state index contributed by atoms with van der Waals surface area (Å²) in [5.74, 6) is 2.79. The number of aromatic nitrogens is 2. The number of carbonyl (C=O) groups excluding carboxylic acids is 1. The third-order valence-corrected chi connectivity index (χ3v) is 5.67. The molecule has 5 rings (SSSR count). The second kappa shape index (κ2) is 6.88. The summed E-state index contributed by atoms with van der Waals surface area (Å²) in [5.41, 5.74) is 2.06. The number of nitrogens with zero attached hydrogens (tertiary/aromatic N) is 2. The van der Waals surface area contributed by atoms with Gasteiger partial charge in [0.1, 0.15) is 12.4 Å². The maximum Gasteiger partial charge on any atom is 0.231 e. The molecule has 27 heavy (non-hydrogen) atoms. The summed E-state index contributed by atoms with van der Waals surface area (Å²) in [5, 5.41) is 3.08. The molecular formula is C20H23N3O4. The van der Waals surface area contributed by atoms with E-state index in [2.05, 4.69) is 14.9 Å². The molecule has 2 aromatic rings. The van der Waals surface area contributed by atoms with Crippen LogP contribution in [-0.4, -0.2) is 34.9 Å². The summed E-state index contributed by atoms with van der Waals surface area (Å²) in [7, 11) is 0. The van der Waals surface area contributed by atoms with Gasteiger partial charge in [-0.1, -0.05) is 12.8 Å². The first kappa shape index (κ1) is 16.6. The summed E-state index contributed by atoms with van der Waals surface area (Å²) in [4.78, 5) is 16.8. The molecule has 142 valence electrons. The summed E-state index contributed by atoms with van der Waals surface area (Å²) >= 11 is 0. The second-order valence-corrected chi connectivity index (χ2v) is 7.40. The predicted octanol–water partition coefficient (Wildman–Crippen LogP) is 2.48. The first-order valence-electron chi connectivity index (χ1n) is 9.61. The van der Waals surface area contributed by atoms with Crippen molar-refractivity contribution in [2.24, 2.45) is 5.92 Å². The molecule has 0 radical (unpaired) electrons. The summed E-state index contributed by atoms with van der Waals surface area (Å²) in [6.45, 7) is 1.92. The number of imidazole rings is 1. The molecule has 0 saturated heterocycles. The Hall–Kier alpha value is -2.54. The lowest BCUT2D eigenvalue weighted by Gasteiger charge is -2.26. The average molecular weight is 369 g/mol. The van der Waals surface area contributed by atoms with E-state index in [9.17, 15) is 4.79 Å². The summed E-state index contributed by atoms with van der Waals surface area (Å²) < 4.78 is 19.0. The van der Waals surface area contributed by atoms with Gasteiger partial charge in [0.05, 0.1) is 24.5 Å². The minimum atomic E-state index is -0.0511. The normalized spacial score (nSPS) is 21.3. The molecule has 0 bridgehead atoms. The number of carbonyl (C=O) groups is 1. The van der Waals surface area contributed by atoms with Crippen LogP contribution in [0.15, 0.2) is 24.4 Å². The van der Waals surface area contributed by atoms with Crippen LogP contribution in [0.4, 0.5) is 0 Å². The molecule has 7 heteroatoms. The largest absolute Gasteiger partial charge is 0.454 e. The van der Waals surface area contributed by atoms with E-state index in [1.54, 1.807) is 0 Å². The Kier molecular flexibility index (Phi) is 4.24. The Labute approximate surface area is 157 Å². The Morgan fingerprint density at radius 3 is 2.96 bits per heavy atom.